The molecule has 0 aliphatic heterocycles. The first-order valence-corrected chi connectivity index (χ1v) is 13.1. The first-order chi connectivity index (χ1) is 16.1. The van der Waals surface area contributed by atoms with E-state index in [-0.39, 0.29) is 27.9 Å². The van der Waals surface area contributed by atoms with Gasteiger partial charge < -0.3 is 10.4 Å². The Morgan fingerprint density at radius 2 is 1.68 bits per heavy atom. The second-order valence-electron chi connectivity index (χ2n) is 8.20. The Kier molecular flexibility index (Phi) is 9.26. The number of carboxylic acid groups (broad SMARTS) is 1. The van der Waals surface area contributed by atoms with Crippen LogP contribution >= 0.6 is 23.2 Å². The first kappa shape index (κ1) is 26.4. The van der Waals surface area contributed by atoms with Gasteiger partial charge in [-0.1, -0.05) is 54.6 Å². The molecule has 1 aromatic carbocycles. The standard InChI is InChI=1S/C22H26Cl2N4O5S/c23-17-12-25-13-18(24)20(17)21(29)27-16-8-6-14(7-9-16)10-19(22(30)31)28-34(32,33)26-11-15-4-2-1-3-5-15/h6-9,12-13,15,19,26,28H,1-5,10-11H2,(H,27,29)(H,30,31). The van der Waals surface area contributed by atoms with Gasteiger partial charge in [0, 0.05) is 24.6 Å². The number of rotatable bonds is 10. The molecule has 34 heavy (non-hydrogen) atoms. The van der Waals surface area contributed by atoms with E-state index < -0.39 is 28.1 Å². The van der Waals surface area contributed by atoms with Gasteiger partial charge in [0.15, 0.2) is 0 Å². The van der Waals surface area contributed by atoms with Crippen LogP contribution in [0.1, 0.15) is 48.0 Å². The molecule has 9 nitrogen and oxygen atoms in total. The van der Waals surface area contributed by atoms with Crippen molar-refractivity contribution in [3.05, 3.63) is 57.8 Å². The number of halogens is 2. The molecule has 184 valence electrons. The van der Waals surface area contributed by atoms with Crippen LogP contribution in [0.2, 0.25) is 10.0 Å². The average Bonchev–Trinajstić information content (AvgIpc) is 2.79. The molecule has 1 aliphatic carbocycles. The number of aromatic nitrogens is 1. The van der Waals surface area contributed by atoms with Crippen LogP contribution < -0.4 is 14.8 Å². The lowest BCUT2D eigenvalue weighted by Gasteiger charge is -2.22. The van der Waals surface area contributed by atoms with Crippen LogP contribution in [0.5, 0.6) is 0 Å². The van der Waals surface area contributed by atoms with Gasteiger partial charge in [0.1, 0.15) is 6.04 Å². The van der Waals surface area contributed by atoms with Gasteiger partial charge in [-0.2, -0.15) is 13.1 Å². The summed E-state index contributed by atoms with van der Waals surface area (Å²) in [5, 5.41) is 12.4. The molecule has 1 amide bonds. The van der Waals surface area contributed by atoms with Crippen molar-refractivity contribution in [3.63, 3.8) is 0 Å². The molecule has 4 N–H and O–H groups in total. The van der Waals surface area contributed by atoms with Crippen LogP contribution in [-0.4, -0.2) is 43.0 Å². The molecule has 1 atom stereocenters. The van der Waals surface area contributed by atoms with E-state index in [0.29, 0.717) is 17.8 Å². The van der Waals surface area contributed by atoms with E-state index >= 15 is 0 Å². The molecular weight excluding hydrogens is 503 g/mol. The zero-order valence-electron chi connectivity index (χ0n) is 18.3. The van der Waals surface area contributed by atoms with E-state index in [4.69, 9.17) is 23.2 Å². The van der Waals surface area contributed by atoms with E-state index in [1.807, 2.05) is 0 Å². The minimum Gasteiger partial charge on any atom is -0.480 e. The number of amides is 1. The van der Waals surface area contributed by atoms with Crippen molar-refractivity contribution in [2.45, 2.75) is 44.6 Å². The molecule has 0 radical (unpaired) electrons. The summed E-state index contributed by atoms with van der Waals surface area (Å²) in [4.78, 5) is 28.0. The number of aliphatic carboxylic acids is 1. The summed E-state index contributed by atoms with van der Waals surface area (Å²) in [5.74, 6) is -1.54. The zero-order chi connectivity index (χ0) is 24.7. The van der Waals surface area contributed by atoms with Crippen molar-refractivity contribution in [3.8, 4) is 0 Å². The van der Waals surface area contributed by atoms with Crippen molar-refractivity contribution >= 4 is 51.0 Å². The number of pyridine rings is 1. The SMILES string of the molecule is O=C(Nc1ccc(CC(NS(=O)(=O)NCC2CCCCC2)C(=O)O)cc1)c1c(Cl)cncc1Cl. The van der Waals surface area contributed by atoms with Gasteiger partial charge in [0.05, 0.1) is 15.6 Å². The molecule has 1 saturated carbocycles. The number of nitrogens with one attached hydrogen (secondary N) is 3. The number of hydrogen-bond donors (Lipinski definition) is 4. The van der Waals surface area contributed by atoms with Crippen LogP contribution in [0.15, 0.2) is 36.7 Å². The normalized spacial score (nSPS) is 15.6. The van der Waals surface area contributed by atoms with E-state index in [1.54, 1.807) is 24.3 Å². The van der Waals surface area contributed by atoms with Gasteiger partial charge in [0.25, 0.3) is 16.1 Å². The number of carboxylic acids is 1. The van der Waals surface area contributed by atoms with Crippen LogP contribution in [0, 0.1) is 5.92 Å². The maximum atomic E-state index is 12.5. The number of carbonyl (C=O) groups excluding carboxylic acids is 1. The van der Waals surface area contributed by atoms with E-state index in [2.05, 4.69) is 19.7 Å². The van der Waals surface area contributed by atoms with Crippen LogP contribution in [0.3, 0.4) is 0 Å². The third-order valence-corrected chi connectivity index (χ3v) is 7.33. The Bertz CT molecular complexity index is 1100. The van der Waals surface area contributed by atoms with E-state index in [1.165, 1.54) is 12.4 Å². The minimum atomic E-state index is -3.98. The third kappa shape index (κ3) is 7.64. The molecule has 0 saturated heterocycles. The lowest BCUT2D eigenvalue weighted by molar-refractivity contribution is -0.138. The first-order valence-electron chi connectivity index (χ1n) is 10.8. The summed E-state index contributed by atoms with van der Waals surface area (Å²) in [5.41, 5.74) is 1.09. The number of hydrogen-bond acceptors (Lipinski definition) is 5. The molecule has 1 aliphatic rings. The summed E-state index contributed by atoms with van der Waals surface area (Å²) < 4.78 is 29.5. The fraction of sp³-hybridized carbons (Fsp3) is 0.409. The summed E-state index contributed by atoms with van der Waals surface area (Å²) in [7, 11) is -3.98. The van der Waals surface area contributed by atoms with E-state index in [0.717, 1.165) is 32.1 Å². The Morgan fingerprint density at radius 3 is 2.26 bits per heavy atom. The highest BCUT2D eigenvalue weighted by molar-refractivity contribution is 7.87. The smallest absolute Gasteiger partial charge is 0.322 e. The summed E-state index contributed by atoms with van der Waals surface area (Å²) in [6.45, 7) is 0.293. The highest BCUT2D eigenvalue weighted by Crippen LogP contribution is 2.24. The van der Waals surface area contributed by atoms with Gasteiger partial charge >= 0.3 is 5.97 Å². The lowest BCUT2D eigenvalue weighted by atomic mass is 9.90. The monoisotopic (exact) mass is 528 g/mol. The van der Waals surface area contributed by atoms with Crippen LogP contribution in [0.4, 0.5) is 5.69 Å². The minimum absolute atomic E-state index is 0.0735. The number of nitrogens with zero attached hydrogens (tertiary/aromatic N) is 1. The fourth-order valence-electron chi connectivity index (χ4n) is 3.81. The predicted molar refractivity (Wildman–Crippen MR) is 130 cm³/mol. The van der Waals surface area contributed by atoms with Gasteiger partial charge in [-0.25, -0.2) is 4.72 Å². The molecule has 0 spiro atoms. The second kappa shape index (κ2) is 11.9. The lowest BCUT2D eigenvalue weighted by Crippen LogP contribution is -2.48. The van der Waals surface area contributed by atoms with Crippen LogP contribution in [-0.2, 0) is 21.4 Å². The number of benzene rings is 1. The van der Waals surface area contributed by atoms with Crippen molar-refractivity contribution in [1.82, 2.24) is 14.4 Å². The maximum absolute atomic E-state index is 12.5. The van der Waals surface area contributed by atoms with Crippen molar-refractivity contribution < 1.29 is 23.1 Å². The Hall–Kier alpha value is -2.24. The van der Waals surface area contributed by atoms with Gasteiger partial charge in [-0.05, 0) is 42.9 Å². The Morgan fingerprint density at radius 1 is 1.06 bits per heavy atom. The summed E-state index contributed by atoms with van der Waals surface area (Å²) in [6.07, 6.45) is 7.80. The second-order valence-corrected chi connectivity index (χ2v) is 10.5. The quantitative estimate of drug-likeness (QED) is 0.371. The summed E-state index contributed by atoms with van der Waals surface area (Å²) >= 11 is 12.0. The summed E-state index contributed by atoms with van der Waals surface area (Å²) in [6, 6.07) is 5.00. The van der Waals surface area contributed by atoms with Crippen molar-refractivity contribution in [2.75, 3.05) is 11.9 Å². The molecule has 0 bridgehead atoms. The molecular formula is C22H26Cl2N4O5S. The zero-order valence-corrected chi connectivity index (χ0v) is 20.6. The Balaban J connectivity index is 1.59. The molecule has 1 fully saturated rings. The molecule has 12 heteroatoms. The average molecular weight is 529 g/mol. The molecule has 1 unspecified atom stereocenters. The van der Waals surface area contributed by atoms with Crippen molar-refractivity contribution in [2.24, 2.45) is 5.92 Å². The molecule has 1 aromatic heterocycles. The van der Waals surface area contributed by atoms with Crippen LogP contribution in [0.25, 0.3) is 0 Å². The Labute approximate surface area is 208 Å². The molecule has 3 rings (SSSR count). The topological polar surface area (TPSA) is 137 Å². The number of carbonyl (C=O) groups is 2. The largest absolute Gasteiger partial charge is 0.480 e. The molecule has 1 heterocycles. The van der Waals surface area contributed by atoms with Crippen molar-refractivity contribution in [1.29, 1.82) is 0 Å². The predicted octanol–water partition coefficient (Wildman–Crippen LogP) is 3.64. The van der Waals surface area contributed by atoms with Gasteiger partial charge in [-0.15, -0.1) is 0 Å². The fourth-order valence-corrected chi connectivity index (χ4v) is 5.44. The maximum Gasteiger partial charge on any atom is 0.322 e. The van der Waals surface area contributed by atoms with Gasteiger partial charge in [0.2, 0.25) is 0 Å². The van der Waals surface area contributed by atoms with Gasteiger partial charge in [-0.3, -0.25) is 14.6 Å². The molecule has 2 aromatic rings. The van der Waals surface area contributed by atoms with E-state index in [9.17, 15) is 23.1 Å². The highest BCUT2D eigenvalue weighted by atomic mass is 35.5. The number of anilines is 1. The third-order valence-electron chi connectivity index (χ3n) is 5.61. The highest BCUT2D eigenvalue weighted by Gasteiger charge is 2.25.